The highest BCUT2D eigenvalue weighted by molar-refractivity contribution is 5.78. The van der Waals surface area contributed by atoms with Crippen LogP contribution in [0.3, 0.4) is 0 Å². The lowest BCUT2D eigenvalue weighted by molar-refractivity contribution is -0.151. The molecular weight excluding hydrogens is 334 g/mol. The van der Waals surface area contributed by atoms with Gasteiger partial charge >= 0.3 is 5.97 Å². The predicted molar refractivity (Wildman–Crippen MR) is 96.6 cm³/mol. The molecule has 2 aromatic rings. The normalized spacial score (nSPS) is 15.2. The van der Waals surface area contributed by atoms with Crippen LogP contribution in [0.25, 0.3) is 10.9 Å². The van der Waals surface area contributed by atoms with Gasteiger partial charge in [0.05, 0.1) is 23.4 Å². The number of ether oxygens (including phenoxy) is 1. The van der Waals surface area contributed by atoms with Gasteiger partial charge in [-0.1, -0.05) is 12.1 Å². The average Bonchev–Trinajstić information content (AvgIpc) is 2.66. The number of piperidine rings is 1. The summed E-state index contributed by atoms with van der Waals surface area (Å²) in [7, 11) is 0. The highest BCUT2D eigenvalue weighted by Gasteiger charge is 2.28. The summed E-state index contributed by atoms with van der Waals surface area (Å²) in [5.74, 6) is 0.252. The molecule has 7 nitrogen and oxygen atoms in total. The molecule has 0 unspecified atom stereocenters. The summed E-state index contributed by atoms with van der Waals surface area (Å²) in [4.78, 5) is 45.2. The van der Waals surface area contributed by atoms with E-state index in [1.165, 1.54) is 0 Å². The highest BCUT2D eigenvalue weighted by atomic mass is 16.5. The van der Waals surface area contributed by atoms with Crippen molar-refractivity contribution in [2.75, 3.05) is 19.7 Å². The van der Waals surface area contributed by atoms with Gasteiger partial charge in [0.15, 0.2) is 0 Å². The smallest absolute Gasteiger partial charge is 0.309 e. The third kappa shape index (κ3) is 4.09. The van der Waals surface area contributed by atoms with Crippen molar-refractivity contribution >= 4 is 22.8 Å². The van der Waals surface area contributed by atoms with Gasteiger partial charge in [0.1, 0.15) is 5.82 Å². The van der Waals surface area contributed by atoms with E-state index >= 15 is 0 Å². The Hall–Kier alpha value is -2.70. The number of fused-ring (bicyclic) bond motifs is 1. The number of aromatic nitrogens is 2. The van der Waals surface area contributed by atoms with E-state index in [0.717, 1.165) is 0 Å². The van der Waals surface area contributed by atoms with Crippen LogP contribution in [-0.2, 0) is 20.7 Å². The standard InChI is InChI=1S/C19H23N3O4/c1-2-26-19(25)13-9-11-22(12-10-13)17(23)8-7-16-20-15-6-4-3-5-14(15)18(24)21-16/h3-6,13H,2,7-12H2,1H3,(H,20,21,24). The van der Waals surface area contributed by atoms with Gasteiger partial charge in [0.25, 0.3) is 5.56 Å². The molecule has 138 valence electrons. The number of esters is 1. The summed E-state index contributed by atoms with van der Waals surface area (Å²) in [6, 6.07) is 7.14. The van der Waals surface area contributed by atoms with Gasteiger partial charge < -0.3 is 14.6 Å². The summed E-state index contributed by atoms with van der Waals surface area (Å²) in [6.07, 6.45) is 1.94. The van der Waals surface area contributed by atoms with E-state index in [9.17, 15) is 14.4 Å². The number of carbonyl (C=O) groups excluding carboxylic acids is 2. The Labute approximate surface area is 151 Å². The first-order valence-electron chi connectivity index (χ1n) is 9.01. The first-order chi connectivity index (χ1) is 12.6. The molecule has 1 saturated heterocycles. The van der Waals surface area contributed by atoms with Crippen LogP contribution in [0.15, 0.2) is 29.1 Å². The van der Waals surface area contributed by atoms with E-state index in [2.05, 4.69) is 9.97 Å². The lowest BCUT2D eigenvalue weighted by Gasteiger charge is -2.30. The quantitative estimate of drug-likeness (QED) is 0.822. The van der Waals surface area contributed by atoms with Gasteiger partial charge in [-0.2, -0.15) is 0 Å². The first kappa shape index (κ1) is 18.1. The Kier molecular flexibility index (Phi) is 5.65. The minimum absolute atomic E-state index is 0.0168. The van der Waals surface area contributed by atoms with E-state index in [1.54, 1.807) is 30.0 Å². The van der Waals surface area contributed by atoms with Crippen molar-refractivity contribution in [1.29, 1.82) is 0 Å². The number of H-pyrrole nitrogens is 1. The van der Waals surface area contributed by atoms with E-state index in [0.29, 0.717) is 55.7 Å². The number of para-hydroxylation sites is 1. The zero-order valence-corrected chi connectivity index (χ0v) is 14.9. The zero-order chi connectivity index (χ0) is 18.5. The van der Waals surface area contributed by atoms with Gasteiger partial charge in [0.2, 0.25) is 5.91 Å². The number of hydrogen-bond donors (Lipinski definition) is 1. The second kappa shape index (κ2) is 8.12. The number of nitrogens with one attached hydrogen (secondary N) is 1. The maximum absolute atomic E-state index is 12.4. The molecule has 0 saturated carbocycles. The molecule has 1 aliphatic heterocycles. The first-order valence-corrected chi connectivity index (χ1v) is 9.01. The largest absolute Gasteiger partial charge is 0.466 e. The fraction of sp³-hybridized carbons (Fsp3) is 0.474. The summed E-state index contributed by atoms with van der Waals surface area (Å²) < 4.78 is 5.04. The molecule has 7 heteroatoms. The molecule has 1 aromatic carbocycles. The number of rotatable bonds is 5. The number of aryl methyl sites for hydroxylation is 1. The van der Waals surface area contributed by atoms with Crippen LogP contribution < -0.4 is 5.56 Å². The Morgan fingerprint density at radius 3 is 2.73 bits per heavy atom. The molecule has 0 spiro atoms. The molecule has 0 atom stereocenters. The third-order valence-corrected chi connectivity index (χ3v) is 4.71. The molecule has 1 fully saturated rings. The number of likely N-dealkylation sites (tertiary alicyclic amines) is 1. The summed E-state index contributed by atoms with van der Waals surface area (Å²) >= 11 is 0. The SMILES string of the molecule is CCOC(=O)C1CCN(C(=O)CCc2nc3ccccc3c(=O)[nH]2)CC1. The minimum Gasteiger partial charge on any atom is -0.466 e. The van der Waals surface area contributed by atoms with Gasteiger partial charge in [-0.05, 0) is 31.9 Å². The van der Waals surface area contributed by atoms with Crippen molar-refractivity contribution in [3.63, 3.8) is 0 Å². The van der Waals surface area contributed by atoms with Gasteiger partial charge in [-0.3, -0.25) is 14.4 Å². The van der Waals surface area contributed by atoms with Crippen molar-refractivity contribution in [3.05, 3.63) is 40.4 Å². The maximum Gasteiger partial charge on any atom is 0.309 e. The Morgan fingerprint density at radius 1 is 1.27 bits per heavy atom. The Morgan fingerprint density at radius 2 is 2.00 bits per heavy atom. The van der Waals surface area contributed by atoms with Crippen LogP contribution in [0.4, 0.5) is 0 Å². The molecule has 0 bridgehead atoms. The number of hydrogen-bond acceptors (Lipinski definition) is 5. The zero-order valence-electron chi connectivity index (χ0n) is 14.9. The van der Waals surface area contributed by atoms with Gasteiger partial charge in [-0.15, -0.1) is 0 Å². The third-order valence-electron chi connectivity index (χ3n) is 4.71. The summed E-state index contributed by atoms with van der Waals surface area (Å²) in [6.45, 7) is 3.30. The van der Waals surface area contributed by atoms with Gasteiger partial charge in [-0.25, -0.2) is 4.98 Å². The van der Waals surface area contributed by atoms with Crippen molar-refractivity contribution < 1.29 is 14.3 Å². The number of aromatic amines is 1. The van der Waals surface area contributed by atoms with Crippen molar-refractivity contribution in [3.8, 4) is 0 Å². The predicted octanol–water partition coefficient (Wildman–Crippen LogP) is 1.66. The lowest BCUT2D eigenvalue weighted by Crippen LogP contribution is -2.40. The van der Waals surface area contributed by atoms with Crippen molar-refractivity contribution in [2.45, 2.75) is 32.6 Å². The van der Waals surface area contributed by atoms with E-state index in [-0.39, 0.29) is 29.8 Å². The Balaban J connectivity index is 1.55. The van der Waals surface area contributed by atoms with E-state index < -0.39 is 0 Å². The monoisotopic (exact) mass is 357 g/mol. The van der Waals surface area contributed by atoms with Crippen LogP contribution in [0.1, 0.15) is 32.0 Å². The molecule has 2 heterocycles. The van der Waals surface area contributed by atoms with Crippen LogP contribution in [-0.4, -0.2) is 46.4 Å². The fourth-order valence-electron chi connectivity index (χ4n) is 3.26. The maximum atomic E-state index is 12.4. The molecule has 1 aliphatic rings. The lowest BCUT2D eigenvalue weighted by atomic mass is 9.96. The number of benzene rings is 1. The number of carbonyl (C=O) groups is 2. The molecular formula is C19H23N3O4. The molecule has 1 aromatic heterocycles. The fourth-order valence-corrected chi connectivity index (χ4v) is 3.26. The molecule has 3 rings (SSSR count). The van der Waals surface area contributed by atoms with Crippen LogP contribution in [0, 0.1) is 5.92 Å². The molecule has 0 aliphatic carbocycles. The molecule has 26 heavy (non-hydrogen) atoms. The van der Waals surface area contributed by atoms with Gasteiger partial charge in [0, 0.05) is 25.9 Å². The highest BCUT2D eigenvalue weighted by Crippen LogP contribution is 2.19. The number of amides is 1. The van der Waals surface area contributed by atoms with Crippen molar-refractivity contribution in [1.82, 2.24) is 14.9 Å². The van der Waals surface area contributed by atoms with E-state index in [1.807, 2.05) is 6.07 Å². The average molecular weight is 357 g/mol. The second-order valence-electron chi connectivity index (χ2n) is 6.44. The summed E-state index contributed by atoms with van der Waals surface area (Å²) in [5.41, 5.74) is 0.447. The minimum atomic E-state index is -0.187. The van der Waals surface area contributed by atoms with Crippen LogP contribution in [0.5, 0.6) is 0 Å². The molecule has 0 radical (unpaired) electrons. The second-order valence-corrected chi connectivity index (χ2v) is 6.44. The number of nitrogens with zero attached hydrogens (tertiary/aromatic N) is 2. The molecule has 1 N–H and O–H groups in total. The Bertz CT molecular complexity index is 853. The van der Waals surface area contributed by atoms with Crippen LogP contribution in [0.2, 0.25) is 0 Å². The van der Waals surface area contributed by atoms with E-state index in [4.69, 9.17) is 4.74 Å². The summed E-state index contributed by atoms with van der Waals surface area (Å²) in [5, 5.41) is 0.545. The molecule has 1 amide bonds. The van der Waals surface area contributed by atoms with Crippen LogP contribution >= 0.6 is 0 Å². The van der Waals surface area contributed by atoms with Crippen molar-refractivity contribution in [2.24, 2.45) is 5.92 Å². The topological polar surface area (TPSA) is 92.4 Å².